The topological polar surface area (TPSA) is 75.3 Å². The molecule has 0 aliphatic rings. The van der Waals surface area contributed by atoms with Crippen LogP contribution in [0.3, 0.4) is 0 Å². The first-order chi connectivity index (χ1) is 10.0. The summed E-state index contributed by atoms with van der Waals surface area (Å²) in [7, 11) is 4.00. The second-order valence-electron chi connectivity index (χ2n) is 5.19. The van der Waals surface area contributed by atoms with E-state index in [1.54, 1.807) is 12.3 Å². The lowest BCUT2D eigenvalue weighted by atomic mass is 10.2. The molecule has 0 bridgehead atoms. The number of nitrogen functional groups attached to an aromatic ring is 1. The summed E-state index contributed by atoms with van der Waals surface area (Å²) >= 11 is 1.32. The summed E-state index contributed by atoms with van der Waals surface area (Å²) in [6.07, 6.45) is 2.51. The molecule has 2 N–H and O–H groups in total. The average Bonchev–Trinajstić information content (AvgIpc) is 2.80. The van der Waals surface area contributed by atoms with Crippen molar-refractivity contribution in [3.63, 3.8) is 0 Å². The number of amides is 1. The number of aromatic nitrogens is 2. The summed E-state index contributed by atoms with van der Waals surface area (Å²) in [5.74, 6) is -0.0146. The van der Waals surface area contributed by atoms with Crippen LogP contribution in [0.4, 0.5) is 5.69 Å². The normalized spacial score (nSPS) is 11.2. The number of fused-ring (bicyclic) bond motifs is 1. The van der Waals surface area contributed by atoms with E-state index in [9.17, 15) is 4.79 Å². The van der Waals surface area contributed by atoms with E-state index in [-0.39, 0.29) is 5.91 Å². The van der Waals surface area contributed by atoms with Crippen LogP contribution in [-0.2, 0) is 0 Å². The number of nitrogens with two attached hydrogens (primary N) is 1. The van der Waals surface area contributed by atoms with Crippen LogP contribution in [-0.4, -0.2) is 59.6 Å². The van der Waals surface area contributed by atoms with Gasteiger partial charge in [-0.15, -0.1) is 16.4 Å². The van der Waals surface area contributed by atoms with Crippen molar-refractivity contribution in [2.45, 2.75) is 13.3 Å². The van der Waals surface area contributed by atoms with E-state index in [1.807, 2.05) is 19.0 Å². The van der Waals surface area contributed by atoms with Crippen molar-refractivity contribution in [2.75, 3.05) is 39.5 Å². The third-order valence-electron chi connectivity index (χ3n) is 3.21. The Balaban J connectivity index is 2.27. The van der Waals surface area contributed by atoms with Crippen molar-refractivity contribution in [3.8, 4) is 0 Å². The molecule has 0 aliphatic heterocycles. The molecule has 2 aromatic heterocycles. The maximum Gasteiger partial charge on any atom is 0.266 e. The summed E-state index contributed by atoms with van der Waals surface area (Å²) in [5.41, 5.74) is 6.63. The molecule has 0 saturated carbocycles. The summed E-state index contributed by atoms with van der Waals surface area (Å²) in [6, 6.07) is 1.80. The monoisotopic (exact) mass is 307 g/mol. The van der Waals surface area contributed by atoms with E-state index in [2.05, 4.69) is 22.0 Å². The minimum Gasteiger partial charge on any atom is -0.397 e. The zero-order valence-corrected chi connectivity index (χ0v) is 13.5. The summed E-state index contributed by atoms with van der Waals surface area (Å²) < 4.78 is 0. The number of rotatable bonds is 6. The fourth-order valence-corrected chi connectivity index (χ4v) is 3.09. The molecule has 0 unspecified atom stereocenters. The van der Waals surface area contributed by atoms with Crippen molar-refractivity contribution in [2.24, 2.45) is 0 Å². The molecule has 2 heterocycles. The Morgan fingerprint density at radius 3 is 2.71 bits per heavy atom. The molecule has 6 nitrogen and oxygen atoms in total. The lowest BCUT2D eigenvalue weighted by molar-refractivity contribution is 0.0751. The minimum atomic E-state index is -0.0146. The highest BCUT2D eigenvalue weighted by Gasteiger charge is 2.22. The highest BCUT2D eigenvalue weighted by Crippen LogP contribution is 2.32. The van der Waals surface area contributed by atoms with Crippen molar-refractivity contribution in [1.82, 2.24) is 20.0 Å². The molecule has 0 aliphatic carbocycles. The van der Waals surface area contributed by atoms with Gasteiger partial charge in [-0.2, -0.15) is 5.10 Å². The largest absolute Gasteiger partial charge is 0.397 e. The zero-order chi connectivity index (χ0) is 15.4. The van der Waals surface area contributed by atoms with Gasteiger partial charge in [-0.05, 0) is 26.6 Å². The zero-order valence-electron chi connectivity index (χ0n) is 12.7. The van der Waals surface area contributed by atoms with Crippen LogP contribution in [0.25, 0.3) is 10.2 Å². The predicted octanol–water partition coefficient (Wildman–Crippen LogP) is 1.69. The number of thiophene rings is 1. The molecule has 0 aromatic carbocycles. The van der Waals surface area contributed by atoms with E-state index < -0.39 is 0 Å². The quantitative estimate of drug-likeness (QED) is 0.879. The first-order valence-electron chi connectivity index (χ1n) is 6.98. The number of likely N-dealkylation sites (N-methyl/N-ethyl adjacent to an activating group) is 1. The smallest absolute Gasteiger partial charge is 0.266 e. The van der Waals surface area contributed by atoms with Gasteiger partial charge >= 0.3 is 0 Å². The highest BCUT2D eigenvalue weighted by molar-refractivity contribution is 7.21. The third-order valence-corrected chi connectivity index (χ3v) is 4.31. The van der Waals surface area contributed by atoms with Gasteiger partial charge in [0.15, 0.2) is 0 Å². The molecule has 21 heavy (non-hydrogen) atoms. The van der Waals surface area contributed by atoms with Gasteiger partial charge in [-0.25, -0.2) is 0 Å². The summed E-state index contributed by atoms with van der Waals surface area (Å²) in [5, 5.41) is 8.68. The molecule has 0 atom stereocenters. The Bertz CT molecular complexity index is 625. The number of nitrogens with zero attached hydrogens (tertiary/aromatic N) is 4. The molecule has 0 saturated heterocycles. The van der Waals surface area contributed by atoms with Gasteiger partial charge in [-0.3, -0.25) is 4.79 Å². The standard InChI is InChI=1S/C14H21N5OS/c1-4-7-19(9-8-18(2)3)14(20)12-11(15)10-5-6-16-17-13(10)21-12/h5-6H,4,7-9,15H2,1-3H3. The number of carbonyl (C=O) groups is 1. The second-order valence-corrected chi connectivity index (χ2v) is 6.19. The Kier molecular flexibility index (Phi) is 5.08. The Morgan fingerprint density at radius 2 is 2.10 bits per heavy atom. The van der Waals surface area contributed by atoms with Crippen LogP contribution < -0.4 is 5.73 Å². The van der Waals surface area contributed by atoms with Gasteiger partial charge in [0, 0.05) is 25.0 Å². The van der Waals surface area contributed by atoms with Crippen molar-refractivity contribution in [3.05, 3.63) is 17.1 Å². The minimum absolute atomic E-state index is 0.0146. The molecular weight excluding hydrogens is 286 g/mol. The molecule has 0 fully saturated rings. The van der Waals surface area contributed by atoms with Gasteiger partial charge < -0.3 is 15.5 Å². The van der Waals surface area contributed by atoms with E-state index in [1.165, 1.54) is 11.3 Å². The predicted molar refractivity (Wildman–Crippen MR) is 86.6 cm³/mol. The van der Waals surface area contributed by atoms with Crippen LogP contribution in [0.1, 0.15) is 23.0 Å². The third kappa shape index (κ3) is 3.48. The lowest BCUT2D eigenvalue weighted by Gasteiger charge is -2.23. The first-order valence-corrected chi connectivity index (χ1v) is 7.80. The van der Waals surface area contributed by atoms with Crippen LogP contribution in [0.15, 0.2) is 12.3 Å². The fraction of sp³-hybridized carbons (Fsp3) is 0.500. The fourth-order valence-electron chi connectivity index (χ4n) is 2.08. The lowest BCUT2D eigenvalue weighted by Crippen LogP contribution is -2.37. The molecule has 0 spiro atoms. The van der Waals surface area contributed by atoms with E-state index >= 15 is 0 Å². The highest BCUT2D eigenvalue weighted by atomic mass is 32.1. The number of carbonyl (C=O) groups excluding carboxylic acids is 1. The molecule has 2 aromatic rings. The van der Waals surface area contributed by atoms with Crippen LogP contribution in [0, 0.1) is 0 Å². The maximum absolute atomic E-state index is 12.7. The Morgan fingerprint density at radius 1 is 1.33 bits per heavy atom. The van der Waals surface area contributed by atoms with Crippen molar-refractivity contribution >= 4 is 33.1 Å². The second kappa shape index (κ2) is 6.82. The Hall–Kier alpha value is -1.73. The average molecular weight is 307 g/mol. The van der Waals surface area contributed by atoms with E-state index in [0.717, 1.165) is 24.9 Å². The van der Waals surface area contributed by atoms with Gasteiger partial charge in [0.2, 0.25) is 0 Å². The summed E-state index contributed by atoms with van der Waals surface area (Å²) in [6.45, 7) is 4.32. The Labute approximate surface area is 128 Å². The molecule has 0 radical (unpaired) electrons. The molecule has 114 valence electrons. The summed E-state index contributed by atoms with van der Waals surface area (Å²) in [4.78, 5) is 17.9. The molecular formula is C14H21N5OS. The molecule has 1 amide bonds. The van der Waals surface area contributed by atoms with Gasteiger partial charge in [0.05, 0.1) is 11.9 Å². The van der Waals surface area contributed by atoms with Crippen molar-refractivity contribution < 1.29 is 4.79 Å². The SMILES string of the molecule is CCCN(CCN(C)C)C(=O)c1sc2nnccc2c1N. The van der Waals surface area contributed by atoms with Crippen LogP contribution in [0.2, 0.25) is 0 Å². The van der Waals surface area contributed by atoms with E-state index in [4.69, 9.17) is 5.73 Å². The van der Waals surface area contributed by atoms with Gasteiger partial charge in [0.1, 0.15) is 9.71 Å². The molecule has 2 rings (SSSR count). The van der Waals surface area contributed by atoms with Gasteiger partial charge in [-0.1, -0.05) is 6.92 Å². The van der Waals surface area contributed by atoms with Crippen LogP contribution >= 0.6 is 11.3 Å². The van der Waals surface area contributed by atoms with Crippen molar-refractivity contribution in [1.29, 1.82) is 0 Å². The van der Waals surface area contributed by atoms with Gasteiger partial charge in [0.25, 0.3) is 5.91 Å². The first kappa shape index (κ1) is 15.7. The number of anilines is 1. The number of hydrogen-bond donors (Lipinski definition) is 1. The molecule has 7 heteroatoms. The van der Waals surface area contributed by atoms with Crippen LogP contribution in [0.5, 0.6) is 0 Å². The number of hydrogen-bond acceptors (Lipinski definition) is 6. The maximum atomic E-state index is 12.7. The van der Waals surface area contributed by atoms with E-state index in [0.29, 0.717) is 21.9 Å².